The lowest BCUT2D eigenvalue weighted by Crippen LogP contribution is -2.62. The molecule has 0 amide bonds. The van der Waals surface area contributed by atoms with Crippen molar-refractivity contribution < 1.29 is 38.0 Å². The fourth-order valence-corrected chi connectivity index (χ4v) is 2.59. The number of carbonyl (C=O) groups is 2. The van der Waals surface area contributed by atoms with Crippen molar-refractivity contribution in [3.63, 3.8) is 0 Å². The fourth-order valence-electron chi connectivity index (χ4n) is 2.59. The van der Waals surface area contributed by atoms with E-state index < -0.39 is 42.6 Å². The van der Waals surface area contributed by atoms with E-state index in [-0.39, 0.29) is 6.61 Å². The van der Waals surface area contributed by atoms with Crippen molar-refractivity contribution in [3.8, 4) is 0 Å². The molecular weight excluding hydrogens is 320 g/mol. The Labute approximate surface area is 142 Å². The topological polar surface area (TPSA) is 89.5 Å². The minimum atomic E-state index is -0.962. The predicted octanol–water partition coefficient (Wildman–Crippen LogP) is 1.05. The van der Waals surface area contributed by atoms with Gasteiger partial charge in [-0.15, -0.1) is 0 Å². The van der Waals surface area contributed by atoms with Crippen molar-refractivity contribution in [2.45, 2.75) is 65.3 Å². The summed E-state index contributed by atoms with van der Waals surface area (Å²) in [6, 6.07) is 0. The van der Waals surface area contributed by atoms with E-state index in [1.54, 1.807) is 6.92 Å². The van der Waals surface area contributed by atoms with Gasteiger partial charge >= 0.3 is 11.9 Å². The van der Waals surface area contributed by atoms with E-state index in [1.807, 2.05) is 13.8 Å². The molecule has 0 aromatic rings. The molecule has 8 nitrogen and oxygen atoms in total. The zero-order valence-electron chi connectivity index (χ0n) is 15.0. The summed E-state index contributed by atoms with van der Waals surface area (Å²) in [7, 11) is 0. The number of hydrogen-bond acceptors (Lipinski definition) is 8. The molecule has 5 atom stereocenters. The van der Waals surface area contributed by atoms with Gasteiger partial charge in [-0.25, -0.2) is 0 Å². The third-order valence-electron chi connectivity index (χ3n) is 3.38. The highest BCUT2D eigenvalue weighted by atomic mass is 16.7. The molecule has 0 bridgehead atoms. The van der Waals surface area contributed by atoms with Gasteiger partial charge in [0.2, 0.25) is 6.29 Å². The molecule has 8 heteroatoms. The molecule has 0 N–H and O–H groups in total. The first-order valence-electron chi connectivity index (χ1n) is 8.25. The molecule has 24 heavy (non-hydrogen) atoms. The maximum Gasteiger partial charge on any atom is 0.305 e. The standard InChI is InChI=1S/C16H28O8/c1-6-19-9-12-13(22-10(4)17)14(20-7-2)15(21-8-3)16(24-12)23-11(5)18/h12-16H,6-9H2,1-5H3/t12-,13-,14+,15-,16-/m1/s1. The highest BCUT2D eigenvalue weighted by Gasteiger charge is 2.50. The number of rotatable bonds is 9. The minimum Gasteiger partial charge on any atom is -0.457 e. The van der Waals surface area contributed by atoms with Crippen LogP contribution in [-0.4, -0.2) is 69.1 Å². The van der Waals surface area contributed by atoms with Crippen molar-refractivity contribution in [1.29, 1.82) is 0 Å². The van der Waals surface area contributed by atoms with Crippen molar-refractivity contribution in [1.82, 2.24) is 0 Å². The van der Waals surface area contributed by atoms with E-state index in [9.17, 15) is 9.59 Å². The summed E-state index contributed by atoms with van der Waals surface area (Å²) in [5, 5.41) is 0. The average molecular weight is 348 g/mol. The number of carbonyl (C=O) groups excluding carboxylic acids is 2. The summed E-state index contributed by atoms with van der Waals surface area (Å²) in [6.45, 7) is 9.46. The summed E-state index contributed by atoms with van der Waals surface area (Å²) in [4.78, 5) is 22.9. The Kier molecular flexibility index (Phi) is 9.20. The molecular formula is C16H28O8. The molecule has 0 aromatic heterocycles. The highest BCUT2D eigenvalue weighted by molar-refractivity contribution is 5.66. The van der Waals surface area contributed by atoms with Crippen molar-refractivity contribution in [2.75, 3.05) is 26.4 Å². The Balaban J connectivity index is 3.09. The highest BCUT2D eigenvalue weighted by Crippen LogP contribution is 2.29. The van der Waals surface area contributed by atoms with Crippen LogP contribution in [0, 0.1) is 0 Å². The zero-order valence-corrected chi connectivity index (χ0v) is 15.0. The van der Waals surface area contributed by atoms with E-state index >= 15 is 0 Å². The second kappa shape index (κ2) is 10.6. The number of hydrogen-bond donors (Lipinski definition) is 0. The molecule has 0 spiro atoms. The van der Waals surface area contributed by atoms with Gasteiger partial charge in [-0.1, -0.05) is 0 Å². The smallest absolute Gasteiger partial charge is 0.305 e. The van der Waals surface area contributed by atoms with Gasteiger partial charge in [0.25, 0.3) is 0 Å². The van der Waals surface area contributed by atoms with Crippen LogP contribution >= 0.6 is 0 Å². The maximum atomic E-state index is 11.5. The Bertz CT molecular complexity index is 400. The third kappa shape index (κ3) is 6.01. The first-order chi connectivity index (χ1) is 11.4. The molecule has 1 rings (SSSR count). The molecule has 1 fully saturated rings. The lowest BCUT2D eigenvalue weighted by atomic mass is 9.98. The van der Waals surface area contributed by atoms with Crippen molar-refractivity contribution in [3.05, 3.63) is 0 Å². The van der Waals surface area contributed by atoms with Gasteiger partial charge in [0.1, 0.15) is 18.3 Å². The summed E-state index contributed by atoms with van der Waals surface area (Å²) in [5.74, 6) is -0.961. The molecule has 0 aliphatic carbocycles. The van der Waals surface area contributed by atoms with Gasteiger partial charge in [-0.3, -0.25) is 9.59 Å². The van der Waals surface area contributed by atoms with E-state index in [0.29, 0.717) is 19.8 Å². The lowest BCUT2D eigenvalue weighted by molar-refractivity contribution is -0.309. The van der Waals surface area contributed by atoms with Crippen LogP contribution in [0.5, 0.6) is 0 Å². The van der Waals surface area contributed by atoms with Gasteiger partial charge < -0.3 is 28.4 Å². The number of esters is 2. The second-order valence-corrected chi connectivity index (χ2v) is 5.23. The van der Waals surface area contributed by atoms with Gasteiger partial charge in [0, 0.05) is 33.7 Å². The van der Waals surface area contributed by atoms with Crippen LogP contribution in [0.25, 0.3) is 0 Å². The van der Waals surface area contributed by atoms with E-state index in [2.05, 4.69) is 0 Å². The van der Waals surface area contributed by atoms with Gasteiger partial charge in [0.15, 0.2) is 6.10 Å². The van der Waals surface area contributed by atoms with Crippen LogP contribution in [-0.2, 0) is 38.0 Å². The lowest BCUT2D eigenvalue weighted by Gasteiger charge is -2.44. The molecule has 1 aliphatic heterocycles. The van der Waals surface area contributed by atoms with E-state index in [1.165, 1.54) is 13.8 Å². The Morgan fingerprint density at radius 2 is 1.42 bits per heavy atom. The molecule has 0 unspecified atom stereocenters. The van der Waals surface area contributed by atoms with E-state index in [4.69, 9.17) is 28.4 Å². The Morgan fingerprint density at radius 3 is 1.92 bits per heavy atom. The predicted molar refractivity (Wildman–Crippen MR) is 83.3 cm³/mol. The first kappa shape index (κ1) is 20.8. The van der Waals surface area contributed by atoms with Crippen LogP contribution in [0.4, 0.5) is 0 Å². The first-order valence-corrected chi connectivity index (χ1v) is 8.25. The zero-order chi connectivity index (χ0) is 18.1. The monoisotopic (exact) mass is 348 g/mol. The molecule has 0 saturated carbocycles. The van der Waals surface area contributed by atoms with Crippen LogP contribution in [0.3, 0.4) is 0 Å². The average Bonchev–Trinajstić information content (AvgIpc) is 2.50. The minimum absolute atomic E-state index is 0.175. The molecule has 1 aliphatic rings. The van der Waals surface area contributed by atoms with Crippen LogP contribution in [0.1, 0.15) is 34.6 Å². The summed E-state index contributed by atoms with van der Waals surface area (Å²) in [5.41, 5.74) is 0. The third-order valence-corrected chi connectivity index (χ3v) is 3.38. The van der Waals surface area contributed by atoms with Crippen LogP contribution < -0.4 is 0 Å². The van der Waals surface area contributed by atoms with Crippen molar-refractivity contribution >= 4 is 11.9 Å². The largest absolute Gasteiger partial charge is 0.457 e. The van der Waals surface area contributed by atoms with E-state index in [0.717, 1.165) is 0 Å². The second-order valence-electron chi connectivity index (χ2n) is 5.23. The molecule has 140 valence electrons. The normalized spacial score (nSPS) is 30.0. The Hall–Kier alpha value is -1.22. The quantitative estimate of drug-likeness (QED) is 0.571. The van der Waals surface area contributed by atoms with Crippen molar-refractivity contribution in [2.24, 2.45) is 0 Å². The maximum absolute atomic E-state index is 11.5. The van der Waals surface area contributed by atoms with Crippen LogP contribution in [0.2, 0.25) is 0 Å². The van der Waals surface area contributed by atoms with Gasteiger partial charge in [0.05, 0.1) is 6.61 Å². The molecule has 0 radical (unpaired) electrons. The molecule has 1 heterocycles. The fraction of sp³-hybridized carbons (Fsp3) is 0.875. The Morgan fingerprint density at radius 1 is 0.833 bits per heavy atom. The number of ether oxygens (including phenoxy) is 6. The van der Waals surface area contributed by atoms with Crippen LogP contribution in [0.15, 0.2) is 0 Å². The van der Waals surface area contributed by atoms with Gasteiger partial charge in [-0.05, 0) is 20.8 Å². The summed E-state index contributed by atoms with van der Waals surface area (Å²) >= 11 is 0. The summed E-state index contributed by atoms with van der Waals surface area (Å²) in [6.07, 6.45) is -3.66. The van der Waals surface area contributed by atoms with Gasteiger partial charge in [-0.2, -0.15) is 0 Å². The summed E-state index contributed by atoms with van der Waals surface area (Å²) < 4.78 is 33.3. The molecule has 0 aromatic carbocycles. The SMILES string of the molecule is CCOC[C@H]1O[C@@H](OC(C)=O)[C@H](OCC)[C@@H](OCC)[C@@H]1OC(C)=O. The molecule has 1 saturated heterocycles.